The van der Waals surface area contributed by atoms with Gasteiger partial charge in [-0.2, -0.15) is 0 Å². The second-order valence-electron chi connectivity index (χ2n) is 7.12. The summed E-state index contributed by atoms with van der Waals surface area (Å²) in [5, 5.41) is 2.36. The number of ether oxygens (including phenoxy) is 1. The van der Waals surface area contributed by atoms with Crippen LogP contribution in [0.2, 0.25) is 0 Å². The molecule has 164 valence electrons. The first-order valence-corrected chi connectivity index (χ1v) is 11.3. The zero-order chi connectivity index (χ0) is 25.1. The van der Waals surface area contributed by atoms with Gasteiger partial charge in [-0.05, 0) is 48.4 Å². The number of aromatic nitrogens is 1. The summed E-state index contributed by atoms with van der Waals surface area (Å²) in [7, 11) is -4.17. The largest absolute Gasteiger partial charge is 0.489 e. The van der Waals surface area contributed by atoms with Gasteiger partial charge in [0, 0.05) is 28.5 Å². The van der Waals surface area contributed by atoms with Gasteiger partial charge in [-0.25, -0.2) is 16.8 Å². The third kappa shape index (κ3) is 4.59. The maximum Gasteiger partial charge on any atom is 0.268 e. The molecule has 0 aliphatic rings. The molecule has 4 aromatic rings. The fourth-order valence-electron chi connectivity index (χ4n) is 3.34. The Morgan fingerprint density at radius 3 is 2.53 bits per heavy atom. The molecule has 0 unspecified atom stereocenters. The van der Waals surface area contributed by atoms with Crippen LogP contribution in [0, 0.1) is 5.82 Å². The number of hydrogen-bond acceptors (Lipinski definition) is 4. The Bertz CT molecular complexity index is 1420. The Morgan fingerprint density at radius 1 is 0.969 bits per heavy atom. The Balaban J connectivity index is 1.71. The summed E-state index contributed by atoms with van der Waals surface area (Å²) in [4.78, 5) is -0.0495. The van der Waals surface area contributed by atoms with Gasteiger partial charge >= 0.3 is 0 Å². The maximum atomic E-state index is 14.6. The molecular formula is C25H23FN2O3S. The summed E-state index contributed by atoms with van der Waals surface area (Å²) in [6, 6.07) is 22.8. The normalized spacial score (nSPS) is 13.2. The van der Waals surface area contributed by atoms with Crippen LogP contribution in [0.3, 0.4) is 0 Å². The molecule has 4 rings (SSSR count). The average Bonchev–Trinajstić information content (AvgIpc) is 3.27. The molecule has 0 radical (unpaired) electrons. The highest BCUT2D eigenvalue weighted by molar-refractivity contribution is 7.90. The molecule has 0 aliphatic carbocycles. The summed E-state index contributed by atoms with van der Waals surface area (Å²) in [6.45, 7) is -2.27. The van der Waals surface area contributed by atoms with Crippen molar-refractivity contribution in [3.63, 3.8) is 0 Å². The Morgan fingerprint density at radius 2 is 1.75 bits per heavy atom. The predicted octanol–water partition coefficient (Wildman–Crippen LogP) is 4.83. The van der Waals surface area contributed by atoms with E-state index in [1.807, 2.05) is 30.3 Å². The number of nitrogens with zero attached hydrogens (tertiary/aromatic N) is 1. The Labute approximate surface area is 191 Å². The van der Waals surface area contributed by atoms with Crippen molar-refractivity contribution < 1.29 is 21.7 Å². The fourth-order valence-corrected chi connectivity index (χ4v) is 4.77. The third-order valence-corrected chi connectivity index (χ3v) is 6.57. The van der Waals surface area contributed by atoms with Gasteiger partial charge < -0.3 is 10.1 Å². The van der Waals surface area contributed by atoms with Crippen molar-refractivity contribution in [1.82, 2.24) is 9.29 Å². The van der Waals surface area contributed by atoms with Crippen LogP contribution in [0.4, 0.5) is 4.39 Å². The van der Waals surface area contributed by atoms with E-state index in [1.54, 1.807) is 18.2 Å². The van der Waals surface area contributed by atoms with Crippen LogP contribution in [0.5, 0.6) is 5.75 Å². The first-order valence-electron chi connectivity index (χ1n) is 11.4. The van der Waals surface area contributed by atoms with Crippen LogP contribution < -0.4 is 10.1 Å². The van der Waals surface area contributed by atoms with E-state index in [9.17, 15) is 12.8 Å². The van der Waals surface area contributed by atoms with Crippen molar-refractivity contribution in [1.29, 1.82) is 0 Å². The minimum Gasteiger partial charge on any atom is -0.489 e. The lowest BCUT2D eigenvalue weighted by Gasteiger charge is -2.13. The standard InChI is InChI=1S/C25H23FN2O3S/c1-27-16-20-14-25(23-12-5-6-13-24(23)26)28(17-20)32(29,30)22-11-7-10-21(15-22)31-18-19-8-3-2-4-9-19/h2-15,17,27H,16,18H2,1H3/i1D3. The fraction of sp³-hybridized carbons (Fsp3) is 0.120. The van der Waals surface area contributed by atoms with E-state index in [2.05, 4.69) is 5.32 Å². The van der Waals surface area contributed by atoms with Gasteiger partial charge in [0.15, 0.2) is 0 Å². The van der Waals surface area contributed by atoms with Crippen LogP contribution in [0.25, 0.3) is 11.3 Å². The van der Waals surface area contributed by atoms with Gasteiger partial charge in [0.2, 0.25) is 0 Å². The molecule has 7 heteroatoms. The molecule has 0 bridgehead atoms. The zero-order valence-corrected chi connectivity index (χ0v) is 17.8. The van der Waals surface area contributed by atoms with Crippen molar-refractivity contribution in [3.8, 4) is 17.0 Å². The average molecular weight is 454 g/mol. The molecule has 5 nitrogen and oxygen atoms in total. The van der Waals surface area contributed by atoms with Gasteiger partial charge in [-0.1, -0.05) is 48.5 Å². The van der Waals surface area contributed by atoms with E-state index in [0.29, 0.717) is 11.3 Å². The molecule has 0 fully saturated rings. The van der Waals surface area contributed by atoms with E-state index >= 15 is 0 Å². The molecule has 0 amide bonds. The van der Waals surface area contributed by atoms with Crippen LogP contribution >= 0.6 is 0 Å². The molecule has 0 saturated heterocycles. The second kappa shape index (κ2) is 9.38. The number of nitrogens with one attached hydrogen (secondary N) is 1. The van der Waals surface area contributed by atoms with Crippen LogP contribution in [-0.2, 0) is 23.2 Å². The zero-order valence-electron chi connectivity index (χ0n) is 20.0. The number of benzene rings is 3. The molecule has 0 aliphatic heterocycles. The molecule has 1 N–H and O–H groups in total. The summed E-state index contributed by atoms with van der Waals surface area (Å²) in [5.74, 6) is -0.240. The molecule has 32 heavy (non-hydrogen) atoms. The summed E-state index contributed by atoms with van der Waals surface area (Å²) in [6.07, 6.45) is 1.30. The molecule has 0 spiro atoms. The maximum absolute atomic E-state index is 14.6. The SMILES string of the molecule is [2H]C([2H])([2H])NCc1cc(-c2ccccc2F)n(S(=O)(=O)c2cccc(OCc3ccccc3)c2)c1. The minimum atomic E-state index is -4.17. The van der Waals surface area contributed by atoms with E-state index in [1.165, 1.54) is 42.6 Å². The smallest absolute Gasteiger partial charge is 0.268 e. The summed E-state index contributed by atoms with van der Waals surface area (Å²) >= 11 is 0. The van der Waals surface area contributed by atoms with Gasteiger partial charge in [0.1, 0.15) is 18.2 Å². The lowest BCUT2D eigenvalue weighted by molar-refractivity contribution is 0.305. The highest BCUT2D eigenvalue weighted by Gasteiger charge is 2.23. The number of halogens is 1. The monoisotopic (exact) mass is 453 g/mol. The van der Waals surface area contributed by atoms with Crippen LogP contribution in [0.1, 0.15) is 15.2 Å². The number of hydrogen-bond donors (Lipinski definition) is 1. The van der Waals surface area contributed by atoms with Crippen molar-refractivity contribution in [2.75, 3.05) is 6.98 Å². The number of rotatable bonds is 8. The van der Waals surface area contributed by atoms with Crippen LogP contribution in [0.15, 0.2) is 96.0 Å². The molecule has 1 heterocycles. The topological polar surface area (TPSA) is 60.3 Å². The minimum absolute atomic E-state index is 0.0495. The highest BCUT2D eigenvalue weighted by atomic mass is 32.2. The van der Waals surface area contributed by atoms with Crippen molar-refractivity contribution >= 4 is 10.0 Å². The van der Waals surface area contributed by atoms with Gasteiger partial charge in [0.05, 0.1) is 10.6 Å². The predicted molar refractivity (Wildman–Crippen MR) is 122 cm³/mol. The van der Waals surface area contributed by atoms with Crippen molar-refractivity contribution in [2.24, 2.45) is 0 Å². The van der Waals surface area contributed by atoms with E-state index in [0.717, 1.165) is 9.54 Å². The van der Waals surface area contributed by atoms with Crippen molar-refractivity contribution in [2.45, 2.75) is 18.0 Å². The lowest BCUT2D eigenvalue weighted by Crippen LogP contribution is -2.14. The van der Waals surface area contributed by atoms with Crippen LogP contribution in [-0.4, -0.2) is 19.4 Å². The van der Waals surface area contributed by atoms with E-state index < -0.39 is 22.8 Å². The molecular weight excluding hydrogens is 427 g/mol. The van der Waals surface area contributed by atoms with Crippen molar-refractivity contribution in [3.05, 3.63) is 108 Å². The lowest BCUT2D eigenvalue weighted by atomic mass is 10.1. The van der Waals surface area contributed by atoms with Gasteiger partial charge in [-0.3, -0.25) is 0 Å². The molecule has 0 saturated carbocycles. The summed E-state index contributed by atoms with van der Waals surface area (Å²) in [5.41, 5.74) is 1.47. The Kier molecular flexibility index (Phi) is 5.33. The van der Waals surface area contributed by atoms with E-state index in [4.69, 9.17) is 8.85 Å². The Hall–Kier alpha value is -3.42. The first-order chi connectivity index (χ1) is 16.6. The van der Waals surface area contributed by atoms with E-state index in [-0.39, 0.29) is 29.3 Å². The van der Waals surface area contributed by atoms with Gasteiger partial charge in [0.25, 0.3) is 10.0 Å². The first kappa shape index (κ1) is 18.2. The third-order valence-electron chi connectivity index (χ3n) is 4.90. The molecule has 1 aromatic heterocycles. The quantitative estimate of drug-likeness (QED) is 0.415. The second-order valence-corrected chi connectivity index (χ2v) is 8.93. The summed E-state index contributed by atoms with van der Waals surface area (Å²) < 4.78 is 70.7. The molecule has 3 aromatic carbocycles. The molecule has 0 atom stereocenters. The highest BCUT2D eigenvalue weighted by Crippen LogP contribution is 2.30. The van der Waals surface area contributed by atoms with Gasteiger partial charge in [-0.15, -0.1) is 0 Å².